The van der Waals surface area contributed by atoms with Crippen molar-refractivity contribution in [2.45, 2.75) is 31.0 Å². The molecule has 0 aliphatic heterocycles. The molecule has 1 N–H and O–H groups in total. The summed E-state index contributed by atoms with van der Waals surface area (Å²) in [7, 11) is 0. The van der Waals surface area contributed by atoms with Crippen molar-refractivity contribution in [2.75, 3.05) is 0 Å². The summed E-state index contributed by atoms with van der Waals surface area (Å²) in [5.74, 6) is -0.650. The SMILES string of the molecule is CCC1(C(=O)O)CCC1Br. The molecule has 10 heavy (non-hydrogen) atoms. The van der Waals surface area contributed by atoms with Crippen LogP contribution in [0.25, 0.3) is 0 Å². The van der Waals surface area contributed by atoms with Gasteiger partial charge in [-0.15, -0.1) is 0 Å². The van der Waals surface area contributed by atoms with Crippen LogP contribution in [0.3, 0.4) is 0 Å². The topological polar surface area (TPSA) is 37.3 Å². The minimum absolute atomic E-state index is 0.197. The second-order valence-corrected chi connectivity index (χ2v) is 3.93. The second-order valence-electron chi connectivity index (χ2n) is 2.82. The van der Waals surface area contributed by atoms with Crippen LogP contribution in [0.5, 0.6) is 0 Å². The summed E-state index contributed by atoms with van der Waals surface area (Å²) in [5.41, 5.74) is -0.444. The van der Waals surface area contributed by atoms with Crippen LogP contribution >= 0.6 is 15.9 Å². The third-order valence-corrected chi connectivity index (χ3v) is 3.83. The average Bonchev–Trinajstić information content (AvgIpc) is 1.86. The molecule has 2 unspecified atom stereocenters. The molecule has 1 saturated carbocycles. The molecular weight excluding hydrogens is 196 g/mol. The number of halogens is 1. The van der Waals surface area contributed by atoms with Crippen LogP contribution in [0.2, 0.25) is 0 Å². The van der Waals surface area contributed by atoms with Crippen LogP contribution in [-0.2, 0) is 4.79 Å². The van der Waals surface area contributed by atoms with Gasteiger partial charge in [0, 0.05) is 4.83 Å². The van der Waals surface area contributed by atoms with Crippen molar-refractivity contribution in [2.24, 2.45) is 5.41 Å². The van der Waals surface area contributed by atoms with E-state index in [-0.39, 0.29) is 4.83 Å². The van der Waals surface area contributed by atoms with Gasteiger partial charge in [0.2, 0.25) is 0 Å². The molecule has 1 aliphatic rings. The summed E-state index contributed by atoms with van der Waals surface area (Å²) in [6.07, 6.45) is 2.56. The molecule has 0 bridgehead atoms. The molecule has 0 aromatic carbocycles. The van der Waals surface area contributed by atoms with Crippen molar-refractivity contribution in [3.63, 3.8) is 0 Å². The highest BCUT2D eigenvalue weighted by Crippen LogP contribution is 2.48. The van der Waals surface area contributed by atoms with Gasteiger partial charge in [-0.1, -0.05) is 22.9 Å². The second kappa shape index (κ2) is 2.53. The summed E-state index contributed by atoms with van der Waals surface area (Å²) in [5, 5.41) is 8.82. The number of alkyl halides is 1. The Morgan fingerprint density at radius 1 is 1.90 bits per heavy atom. The number of aliphatic carboxylic acids is 1. The molecule has 0 heterocycles. The highest BCUT2D eigenvalue weighted by molar-refractivity contribution is 9.09. The van der Waals surface area contributed by atoms with Gasteiger partial charge in [0.05, 0.1) is 5.41 Å². The molecule has 0 amide bonds. The predicted octanol–water partition coefficient (Wildman–Crippen LogP) is 2.02. The number of carbonyl (C=O) groups is 1. The Morgan fingerprint density at radius 3 is 2.50 bits per heavy atom. The molecule has 0 spiro atoms. The Kier molecular flexibility index (Phi) is 2.04. The Labute approximate surface area is 68.7 Å². The van der Waals surface area contributed by atoms with Gasteiger partial charge in [0.1, 0.15) is 0 Å². The Balaban J connectivity index is 2.69. The lowest BCUT2D eigenvalue weighted by atomic mass is 9.67. The van der Waals surface area contributed by atoms with Gasteiger partial charge in [0.15, 0.2) is 0 Å². The monoisotopic (exact) mass is 206 g/mol. The molecule has 0 aromatic heterocycles. The summed E-state index contributed by atoms with van der Waals surface area (Å²) >= 11 is 3.36. The molecule has 1 aliphatic carbocycles. The minimum atomic E-state index is -0.650. The lowest BCUT2D eigenvalue weighted by Gasteiger charge is -2.42. The first-order valence-electron chi connectivity index (χ1n) is 3.51. The number of carboxylic acid groups (broad SMARTS) is 1. The lowest BCUT2D eigenvalue weighted by molar-refractivity contribution is -0.153. The standard InChI is InChI=1S/C7H11BrO2/c1-2-7(6(9)10)4-3-5(7)8/h5H,2-4H2,1H3,(H,9,10). The molecule has 58 valence electrons. The van der Waals surface area contributed by atoms with Gasteiger partial charge in [-0.25, -0.2) is 0 Å². The van der Waals surface area contributed by atoms with E-state index in [1.165, 1.54) is 0 Å². The van der Waals surface area contributed by atoms with E-state index in [9.17, 15) is 4.79 Å². The predicted molar refractivity (Wildman–Crippen MR) is 42.3 cm³/mol. The van der Waals surface area contributed by atoms with Crippen molar-refractivity contribution < 1.29 is 9.90 Å². The van der Waals surface area contributed by atoms with Crippen molar-refractivity contribution in [3.8, 4) is 0 Å². The molecule has 2 nitrogen and oxygen atoms in total. The third-order valence-electron chi connectivity index (χ3n) is 2.50. The molecule has 2 atom stereocenters. The summed E-state index contributed by atoms with van der Waals surface area (Å²) in [6, 6.07) is 0. The molecule has 0 aromatic rings. The summed E-state index contributed by atoms with van der Waals surface area (Å²) < 4.78 is 0. The van der Waals surface area contributed by atoms with Crippen LogP contribution in [0.1, 0.15) is 26.2 Å². The van der Waals surface area contributed by atoms with Crippen LogP contribution in [-0.4, -0.2) is 15.9 Å². The van der Waals surface area contributed by atoms with E-state index in [0.29, 0.717) is 0 Å². The fraction of sp³-hybridized carbons (Fsp3) is 0.857. The highest BCUT2D eigenvalue weighted by Gasteiger charge is 2.50. The lowest BCUT2D eigenvalue weighted by Crippen LogP contribution is -2.47. The zero-order valence-corrected chi connectivity index (χ0v) is 7.52. The summed E-state index contributed by atoms with van der Waals surface area (Å²) in [6.45, 7) is 1.93. The van der Waals surface area contributed by atoms with Crippen molar-refractivity contribution in [1.29, 1.82) is 0 Å². The first-order chi connectivity index (χ1) is 4.63. The van der Waals surface area contributed by atoms with Crippen LogP contribution in [0.4, 0.5) is 0 Å². The van der Waals surface area contributed by atoms with Gasteiger partial charge < -0.3 is 5.11 Å². The molecule has 1 rings (SSSR count). The van der Waals surface area contributed by atoms with E-state index in [2.05, 4.69) is 15.9 Å². The Hall–Kier alpha value is -0.0500. The van der Waals surface area contributed by atoms with E-state index in [4.69, 9.17) is 5.11 Å². The maximum Gasteiger partial charge on any atom is 0.310 e. The number of hydrogen-bond acceptors (Lipinski definition) is 1. The largest absolute Gasteiger partial charge is 0.481 e. The number of rotatable bonds is 2. The van der Waals surface area contributed by atoms with Crippen LogP contribution in [0, 0.1) is 5.41 Å². The fourth-order valence-electron chi connectivity index (χ4n) is 1.39. The van der Waals surface area contributed by atoms with Gasteiger partial charge >= 0.3 is 5.97 Å². The number of carboxylic acids is 1. The molecule has 0 saturated heterocycles. The van der Waals surface area contributed by atoms with E-state index in [0.717, 1.165) is 19.3 Å². The van der Waals surface area contributed by atoms with Gasteiger partial charge in [-0.2, -0.15) is 0 Å². The Bertz CT molecular complexity index is 154. The first kappa shape index (κ1) is 8.05. The van der Waals surface area contributed by atoms with Crippen molar-refractivity contribution >= 4 is 21.9 Å². The van der Waals surface area contributed by atoms with Crippen molar-refractivity contribution in [3.05, 3.63) is 0 Å². The van der Waals surface area contributed by atoms with Gasteiger partial charge in [-0.3, -0.25) is 4.79 Å². The van der Waals surface area contributed by atoms with E-state index < -0.39 is 11.4 Å². The first-order valence-corrected chi connectivity index (χ1v) is 4.42. The molecule has 0 radical (unpaired) electrons. The molecule has 1 fully saturated rings. The maximum atomic E-state index is 10.7. The van der Waals surface area contributed by atoms with E-state index >= 15 is 0 Å². The average molecular weight is 207 g/mol. The molecule has 3 heteroatoms. The smallest absolute Gasteiger partial charge is 0.310 e. The Morgan fingerprint density at radius 2 is 2.50 bits per heavy atom. The minimum Gasteiger partial charge on any atom is -0.481 e. The quantitative estimate of drug-likeness (QED) is 0.703. The normalized spacial score (nSPS) is 38.8. The van der Waals surface area contributed by atoms with E-state index in [1.54, 1.807) is 0 Å². The van der Waals surface area contributed by atoms with Crippen LogP contribution < -0.4 is 0 Å². The number of hydrogen-bond donors (Lipinski definition) is 1. The fourth-order valence-corrected chi connectivity index (χ4v) is 2.37. The van der Waals surface area contributed by atoms with E-state index in [1.807, 2.05) is 6.92 Å². The highest BCUT2D eigenvalue weighted by atomic mass is 79.9. The van der Waals surface area contributed by atoms with Crippen molar-refractivity contribution in [1.82, 2.24) is 0 Å². The third kappa shape index (κ3) is 0.875. The van der Waals surface area contributed by atoms with Crippen LogP contribution in [0.15, 0.2) is 0 Å². The van der Waals surface area contributed by atoms with Gasteiger partial charge in [0.25, 0.3) is 0 Å². The zero-order chi connectivity index (χ0) is 7.78. The van der Waals surface area contributed by atoms with Gasteiger partial charge in [-0.05, 0) is 19.3 Å². The summed E-state index contributed by atoms with van der Waals surface area (Å²) in [4.78, 5) is 10.9. The zero-order valence-electron chi connectivity index (χ0n) is 5.93. The molecular formula is C7H11BrO2. The maximum absolute atomic E-state index is 10.7.